The maximum Gasteiger partial charge on any atom is 0.328 e. The number of hydrogen-bond donors (Lipinski definition) is 2. The van der Waals surface area contributed by atoms with Crippen LogP contribution in [0.4, 0.5) is 10.5 Å². The van der Waals surface area contributed by atoms with Gasteiger partial charge in [-0.2, -0.15) is 0 Å². The summed E-state index contributed by atoms with van der Waals surface area (Å²) in [5.41, 5.74) is 3.72. The number of amides is 4. The summed E-state index contributed by atoms with van der Waals surface area (Å²) in [7, 11) is 0. The fourth-order valence-electron chi connectivity index (χ4n) is 3.53. The van der Waals surface area contributed by atoms with Crippen LogP contribution in [0.3, 0.4) is 0 Å². The van der Waals surface area contributed by atoms with Crippen LogP contribution in [0, 0.1) is 6.92 Å². The van der Waals surface area contributed by atoms with Crippen LogP contribution in [0.25, 0.3) is 17.0 Å². The molecule has 152 valence electrons. The fraction of sp³-hybridized carbons (Fsp3) is 0.174. The number of rotatable bonds is 5. The number of nitrogens with one attached hydrogen (secondary N) is 2. The first-order chi connectivity index (χ1) is 14.5. The number of aromatic nitrogens is 1. The van der Waals surface area contributed by atoms with Crippen molar-refractivity contribution in [2.75, 3.05) is 11.9 Å². The second-order valence-corrected chi connectivity index (χ2v) is 7.18. The van der Waals surface area contributed by atoms with Gasteiger partial charge in [0.15, 0.2) is 0 Å². The second-order valence-electron chi connectivity index (χ2n) is 7.18. The molecule has 0 radical (unpaired) electrons. The Hall–Kier alpha value is -3.87. The van der Waals surface area contributed by atoms with Gasteiger partial charge < -0.3 is 15.2 Å². The van der Waals surface area contributed by atoms with Crippen molar-refractivity contribution < 1.29 is 14.4 Å². The molecule has 7 heteroatoms. The molecule has 0 unspecified atom stereocenters. The van der Waals surface area contributed by atoms with Gasteiger partial charge in [-0.25, -0.2) is 4.79 Å². The number of imide groups is 1. The maximum absolute atomic E-state index is 12.6. The van der Waals surface area contributed by atoms with Crippen molar-refractivity contribution in [3.05, 3.63) is 71.6 Å². The van der Waals surface area contributed by atoms with E-state index in [2.05, 4.69) is 10.6 Å². The Labute approximate surface area is 174 Å². The van der Waals surface area contributed by atoms with E-state index >= 15 is 0 Å². The number of aryl methyl sites for hydroxylation is 1. The molecular formula is C23H22N4O3. The molecule has 0 spiro atoms. The molecule has 4 amide bonds. The smallest absolute Gasteiger partial charge is 0.328 e. The third kappa shape index (κ3) is 3.69. The van der Waals surface area contributed by atoms with E-state index in [0.29, 0.717) is 6.54 Å². The Morgan fingerprint density at radius 1 is 1.10 bits per heavy atom. The van der Waals surface area contributed by atoms with Crippen molar-refractivity contribution >= 4 is 40.5 Å². The zero-order valence-electron chi connectivity index (χ0n) is 16.8. The number of hydrogen-bond acceptors (Lipinski definition) is 3. The molecular weight excluding hydrogens is 380 g/mol. The van der Waals surface area contributed by atoms with Gasteiger partial charge in [-0.3, -0.25) is 14.5 Å². The van der Waals surface area contributed by atoms with E-state index in [1.54, 1.807) is 13.0 Å². The topological polar surface area (TPSA) is 83.4 Å². The Morgan fingerprint density at radius 3 is 2.53 bits per heavy atom. The number of likely N-dealkylation sites (N-methyl/N-ethyl adjacent to an activating group) is 1. The molecule has 1 aromatic heterocycles. The van der Waals surface area contributed by atoms with Crippen LogP contribution in [0.1, 0.15) is 18.1 Å². The van der Waals surface area contributed by atoms with Crippen molar-refractivity contribution in [1.29, 1.82) is 0 Å². The molecule has 1 aliphatic rings. The predicted octanol–water partition coefficient (Wildman–Crippen LogP) is 3.50. The Balaban J connectivity index is 1.62. The summed E-state index contributed by atoms with van der Waals surface area (Å²) in [6.07, 6.45) is 3.48. The number of urea groups is 1. The number of anilines is 1. The highest BCUT2D eigenvalue weighted by molar-refractivity contribution is 6.14. The minimum atomic E-state index is -0.421. The molecule has 3 aromatic rings. The number of fused-ring (bicyclic) bond motifs is 1. The summed E-state index contributed by atoms with van der Waals surface area (Å²) in [6.45, 7) is 4.17. The third-order valence-corrected chi connectivity index (χ3v) is 5.05. The lowest BCUT2D eigenvalue weighted by Gasteiger charge is -2.07. The average Bonchev–Trinajstić information content (AvgIpc) is 3.20. The van der Waals surface area contributed by atoms with E-state index in [9.17, 15) is 14.4 Å². The Morgan fingerprint density at radius 2 is 1.83 bits per heavy atom. The van der Waals surface area contributed by atoms with Gasteiger partial charge in [0.2, 0.25) is 5.91 Å². The van der Waals surface area contributed by atoms with Crippen molar-refractivity contribution in [3.63, 3.8) is 0 Å². The average molecular weight is 402 g/mol. The van der Waals surface area contributed by atoms with Crippen LogP contribution >= 0.6 is 0 Å². The van der Waals surface area contributed by atoms with Crippen LogP contribution < -0.4 is 10.6 Å². The first kappa shape index (κ1) is 19.4. The van der Waals surface area contributed by atoms with Crippen molar-refractivity contribution in [2.45, 2.75) is 20.4 Å². The first-order valence-electron chi connectivity index (χ1n) is 9.75. The van der Waals surface area contributed by atoms with Gasteiger partial charge in [0, 0.05) is 34.9 Å². The Bertz CT molecular complexity index is 1170. The zero-order chi connectivity index (χ0) is 21.3. The summed E-state index contributed by atoms with van der Waals surface area (Å²) in [6, 6.07) is 14.8. The highest BCUT2D eigenvalue weighted by Gasteiger charge is 2.32. The van der Waals surface area contributed by atoms with E-state index in [1.165, 1.54) is 0 Å². The zero-order valence-corrected chi connectivity index (χ0v) is 16.8. The summed E-state index contributed by atoms with van der Waals surface area (Å²) in [5, 5.41) is 6.41. The minimum absolute atomic E-state index is 0.124. The molecule has 1 aliphatic heterocycles. The molecule has 0 aliphatic carbocycles. The van der Waals surface area contributed by atoms with Crippen LogP contribution in [-0.4, -0.2) is 33.9 Å². The van der Waals surface area contributed by atoms with E-state index in [1.807, 2.05) is 66.2 Å². The van der Waals surface area contributed by atoms with E-state index < -0.39 is 6.03 Å². The lowest BCUT2D eigenvalue weighted by atomic mass is 10.1. The van der Waals surface area contributed by atoms with Gasteiger partial charge in [-0.1, -0.05) is 35.9 Å². The summed E-state index contributed by atoms with van der Waals surface area (Å²) >= 11 is 0. The molecule has 4 rings (SSSR count). The minimum Gasteiger partial charge on any atom is -0.337 e. The van der Waals surface area contributed by atoms with Gasteiger partial charge in [-0.05, 0) is 38.1 Å². The van der Waals surface area contributed by atoms with Crippen LogP contribution in [0.5, 0.6) is 0 Å². The van der Waals surface area contributed by atoms with Gasteiger partial charge in [-0.15, -0.1) is 0 Å². The van der Waals surface area contributed by atoms with Crippen LogP contribution in [-0.2, 0) is 16.1 Å². The monoisotopic (exact) mass is 402 g/mol. The highest BCUT2D eigenvalue weighted by atomic mass is 16.2. The lowest BCUT2D eigenvalue weighted by Crippen LogP contribution is -2.30. The summed E-state index contributed by atoms with van der Waals surface area (Å²) in [4.78, 5) is 38.1. The molecule has 0 bridgehead atoms. The molecule has 2 heterocycles. The summed E-state index contributed by atoms with van der Waals surface area (Å²) < 4.78 is 1.84. The second kappa shape index (κ2) is 7.87. The molecule has 30 heavy (non-hydrogen) atoms. The SMILES string of the molecule is CCN1C(=O)N/C(=C/c2cn(CC(=O)Nc3ccc(C)cc3)c3ccccc23)C1=O. The van der Waals surface area contributed by atoms with Gasteiger partial charge in [0.1, 0.15) is 12.2 Å². The summed E-state index contributed by atoms with van der Waals surface area (Å²) in [5.74, 6) is -0.502. The van der Waals surface area contributed by atoms with E-state index in [0.717, 1.165) is 32.6 Å². The van der Waals surface area contributed by atoms with Gasteiger partial charge >= 0.3 is 6.03 Å². The first-order valence-corrected chi connectivity index (χ1v) is 9.75. The quantitative estimate of drug-likeness (QED) is 0.506. The molecule has 2 N–H and O–H groups in total. The molecule has 2 aromatic carbocycles. The molecule has 0 saturated carbocycles. The molecule has 7 nitrogen and oxygen atoms in total. The standard InChI is InChI=1S/C23H22N4O3/c1-3-27-22(29)19(25-23(27)30)12-16-13-26(20-7-5-4-6-18(16)20)14-21(28)24-17-10-8-15(2)9-11-17/h4-13H,3,14H2,1-2H3,(H,24,28)(H,25,30)/b19-12+. The Kier molecular flexibility index (Phi) is 5.10. The molecule has 1 fully saturated rings. The normalized spacial score (nSPS) is 15.1. The number of nitrogens with zero attached hydrogens (tertiary/aromatic N) is 2. The third-order valence-electron chi connectivity index (χ3n) is 5.05. The number of para-hydroxylation sites is 1. The van der Waals surface area contributed by atoms with Crippen LogP contribution in [0.15, 0.2) is 60.4 Å². The van der Waals surface area contributed by atoms with E-state index in [-0.39, 0.29) is 24.1 Å². The highest BCUT2D eigenvalue weighted by Crippen LogP contribution is 2.25. The van der Waals surface area contributed by atoms with Gasteiger partial charge in [0.05, 0.1) is 0 Å². The van der Waals surface area contributed by atoms with Crippen molar-refractivity contribution in [3.8, 4) is 0 Å². The van der Waals surface area contributed by atoms with Crippen molar-refractivity contribution in [1.82, 2.24) is 14.8 Å². The number of carbonyl (C=O) groups excluding carboxylic acids is 3. The van der Waals surface area contributed by atoms with Crippen molar-refractivity contribution in [2.24, 2.45) is 0 Å². The lowest BCUT2D eigenvalue weighted by molar-refractivity contribution is -0.122. The van der Waals surface area contributed by atoms with E-state index in [4.69, 9.17) is 0 Å². The fourth-order valence-corrected chi connectivity index (χ4v) is 3.53. The predicted molar refractivity (Wildman–Crippen MR) is 116 cm³/mol. The molecule has 0 atom stereocenters. The maximum atomic E-state index is 12.6. The largest absolute Gasteiger partial charge is 0.337 e. The number of carbonyl (C=O) groups is 3. The van der Waals surface area contributed by atoms with Gasteiger partial charge in [0.25, 0.3) is 5.91 Å². The number of benzene rings is 2. The molecule has 1 saturated heterocycles. The van der Waals surface area contributed by atoms with Crippen LogP contribution in [0.2, 0.25) is 0 Å².